The second-order valence-corrected chi connectivity index (χ2v) is 7.99. The van der Waals surface area contributed by atoms with Crippen LogP contribution >= 0.6 is 0 Å². The van der Waals surface area contributed by atoms with E-state index in [-0.39, 0.29) is 5.41 Å². The number of fused-ring (bicyclic) bond motifs is 3. The fourth-order valence-electron chi connectivity index (χ4n) is 4.25. The van der Waals surface area contributed by atoms with E-state index in [4.69, 9.17) is 0 Å². The average Bonchev–Trinajstić information content (AvgIpc) is 2.96. The number of nitrogens with one attached hydrogen (secondary N) is 1. The SMILES string of the molecule is C=C/C=C(\C=C/C)c1ccc(Nc2ccc3c(c2)C(C)(C)c2ccccc2-3)cc1. The number of benzene rings is 3. The van der Waals surface area contributed by atoms with Gasteiger partial charge >= 0.3 is 0 Å². The van der Waals surface area contributed by atoms with Crippen LogP contribution in [0.25, 0.3) is 16.7 Å². The predicted octanol–water partition coefficient (Wildman–Crippen LogP) is 7.88. The molecule has 0 amide bonds. The van der Waals surface area contributed by atoms with Gasteiger partial charge in [0.15, 0.2) is 0 Å². The Morgan fingerprint density at radius 3 is 2.28 bits per heavy atom. The number of allylic oxidation sites excluding steroid dienone is 5. The lowest BCUT2D eigenvalue weighted by molar-refractivity contribution is 0.660. The smallest absolute Gasteiger partial charge is 0.0387 e. The number of rotatable bonds is 5. The minimum atomic E-state index is 0.0182. The lowest BCUT2D eigenvalue weighted by Crippen LogP contribution is -2.15. The molecule has 1 N–H and O–H groups in total. The Morgan fingerprint density at radius 2 is 1.55 bits per heavy atom. The molecule has 0 radical (unpaired) electrons. The topological polar surface area (TPSA) is 12.0 Å². The molecule has 0 aromatic heterocycles. The van der Waals surface area contributed by atoms with Crippen LogP contribution in [0.1, 0.15) is 37.5 Å². The molecule has 4 rings (SSSR count). The molecule has 0 fully saturated rings. The quantitative estimate of drug-likeness (QED) is 0.446. The molecule has 1 aliphatic rings. The first-order valence-corrected chi connectivity index (χ1v) is 10.1. The number of hydrogen-bond donors (Lipinski definition) is 1. The third-order valence-corrected chi connectivity index (χ3v) is 5.73. The summed E-state index contributed by atoms with van der Waals surface area (Å²) in [7, 11) is 0. The van der Waals surface area contributed by atoms with E-state index in [1.54, 1.807) is 0 Å². The van der Waals surface area contributed by atoms with Gasteiger partial charge in [0.2, 0.25) is 0 Å². The zero-order valence-corrected chi connectivity index (χ0v) is 17.4. The van der Waals surface area contributed by atoms with E-state index in [0.717, 1.165) is 16.9 Å². The first kappa shape index (κ1) is 19.0. The molecule has 1 aliphatic carbocycles. The normalized spacial score (nSPS) is 14.5. The summed E-state index contributed by atoms with van der Waals surface area (Å²) in [5.74, 6) is 0. The molecule has 0 unspecified atom stereocenters. The molecule has 0 saturated heterocycles. The lowest BCUT2D eigenvalue weighted by atomic mass is 9.82. The third-order valence-electron chi connectivity index (χ3n) is 5.73. The summed E-state index contributed by atoms with van der Waals surface area (Å²) in [6, 6.07) is 24.0. The van der Waals surface area contributed by atoms with Gasteiger partial charge < -0.3 is 5.32 Å². The van der Waals surface area contributed by atoms with E-state index in [1.165, 1.54) is 27.8 Å². The second kappa shape index (κ2) is 7.60. The van der Waals surface area contributed by atoms with Crippen LogP contribution in [0, 0.1) is 0 Å². The molecule has 0 bridgehead atoms. The van der Waals surface area contributed by atoms with Crippen molar-refractivity contribution in [2.45, 2.75) is 26.2 Å². The summed E-state index contributed by atoms with van der Waals surface area (Å²) in [5.41, 5.74) is 10.0. The monoisotopic (exact) mass is 377 g/mol. The Labute approximate surface area is 174 Å². The van der Waals surface area contributed by atoms with Gasteiger partial charge in [0.1, 0.15) is 0 Å². The van der Waals surface area contributed by atoms with E-state index in [1.807, 2.05) is 25.2 Å². The van der Waals surface area contributed by atoms with Crippen molar-refractivity contribution in [2.75, 3.05) is 5.32 Å². The van der Waals surface area contributed by atoms with Crippen LogP contribution in [0.2, 0.25) is 0 Å². The Morgan fingerprint density at radius 1 is 0.862 bits per heavy atom. The number of anilines is 2. The van der Waals surface area contributed by atoms with Crippen LogP contribution in [0.5, 0.6) is 0 Å². The van der Waals surface area contributed by atoms with Crippen LogP contribution < -0.4 is 5.32 Å². The molecule has 0 aliphatic heterocycles. The van der Waals surface area contributed by atoms with Crippen molar-refractivity contribution in [3.63, 3.8) is 0 Å². The standard InChI is InChI=1S/C28H27N/c1-5-9-20(10-6-2)21-13-15-22(16-14-21)29-23-17-18-25-24-11-7-8-12-26(24)28(3,4)27(25)19-23/h5-19,29H,1H2,2-4H3/b10-6-,20-9+. The molecule has 144 valence electrons. The van der Waals surface area contributed by atoms with Crippen LogP contribution in [0.3, 0.4) is 0 Å². The van der Waals surface area contributed by atoms with Crippen molar-refractivity contribution in [2.24, 2.45) is 0 Å². The highest BCUT2D eigenvalue weighted by molar-refractivity contribution is 5.83. The summed E-state index contributed by atoms with van der Waals surface area (Å²) in [5, 5.41) is 3.57. The zero-order valence-electron chi connectivity index (χ0n) is 17.4. The summed E-state index contributed by atoms with van der Waals surface area (Å²) in [4.78, 5) is 0. The predicted molar refractivity (Wildman–Crippen MR) is 127 cm³/mol. The minimum Gasteiger partial charge on any atom is -0.356 e. The highest BCUT2D eigenvalue weighted by Crippen LogP contribution is 2.49. The Kier molecular flexibility index (Phi) is 4.98. The first-order valence-electron chi connectivity index (χ1n) is 10.1. The molecule has 0 saturated carbocycles. The van der Waals surface area contributed by atoms with Gasteiger partial charge in [-0.2, -0.15) is 0 Å². The molecule has 1 heteroatoms. The largest absolute Gasteiger partial charge is 0.356 e. The molecule has 0 heterocycles. The van der Waals surface area contributed by atoms with Crippen molar-refractivity contribution in [1.82, 2.24) is 0 Å². The Balaban J connectivity index is 1.62. The summed E-state index contributed by atoms with van der Waals surface area (Å²) < 4.78 is 0. The maximum absolute atomic E-state index is 3.81. The minimum absolute atomic E-state index is 0.0182. The van der Waals surface area contributed by atoms with Gasteiger partial charge in [-0.05, 0) is 64.6 Å². The van der Waals surface area contributed by atoms with E-state index < -0.39 is 0 Å². The molecule has 29 heavy (non-hydrogen) atoms. The molecule has 0 atom stereocenters. The third kappa shape index (κ3) is 3.45. The summed E-state index contributed by atoms with van der Waals surface area (Å²) >= 11 is 0. The molecule has 3 aromatic rings. The van der Waals surface area contributed by atoms with Gasteiger partial charge in [0.05, 0.1) is 0 Å². The van der Waals surface area contributed by atoms with E-state index in [9.17, 15) is 0 Å². The van der Waals surface area contributed by atoms with Gasteiger partial charge in [0, 0.05) is 16.8 Å². The molecule has 1 nitrogen and oxygen atoms in total. The van der Waals surface area contributed by atoms with E-state index in [0.29, 0.717) is 0 Å². The van der Waals surface area contributed by atoms with Gasteiger partial charge in [-0.1, -0.05) is 87.2 Å². The number of hydrogen-bond acceptors (Lipinski definition) is 1. The highest BCUT2D eigenvalue weighted by Gasteiger charge is 2.35. The molecular weight excluding hydrogens is 350 g/mol. The van der Waals surface area contributed by atoms with Crippen molar-refractivity contribution < 1.29 is 0 Å². The van der Waals surface area contributed by atoms with E-state index in [2.05, 4.69) is 98.5 Å². The van der Waals surface area contributed by atoms with Gasteiger partial charge in [0.25, 0.3) is 0 Å². The molecule has 0 spiro atoms. The van der Waals surface area contributed by atoms with Crippen molar-refractivity contribution in [1.29, 1.82) is 0 Å². The fraction of sp³-hybridized carbons (Fsp3) is 0.143. The fourth-order valence-corrected chi connectivity index (χ4v) is 4.25. The van der Waals surface area contributed by atoms with E-state index >= 15 is 0 Å². The van der Waals surface area contributed by atoms with Crippen LogP contribution in [-0.2, 0) is 5.41 Å². The second-order valence-electron chi connectivity index (χ2n) is 7.99. The average molecular weight is 378 g/mol. The Bertz CT molecular complexity index is 1110. The molecule has 3 aromatic carbocycles. The summed E-state index contributed by atoms with van der Waals surface area (Å²) in [6.45, 7) is 10.5. The van der Waals surface area contributed by atoms with Crippen LogP contribution in [0.4, 0.5) is 11.4 Å². The molecular formula is C28H27N. The van der Waals surface area contributed by atoms with Crippen LogP contribution in [-0.4, -0.2) is 0 Å². The van der Waals surface area contributed by atoms with Gasteiger partial charge in [-0.15, -0.1) is 0 Å². The Hall–Kier alpha value is -3.32. The van der Waals surface area contributed by atoms with Crippen LogP contribution in [0.15, 0.2) is 97.6 Å². The highest BCUT2D eigenvalue weighted by atomic mass is 14.9. The van der Waals surface area contributed by atoms with Gasteiger partial charge in [-0.3, -0.25) is 0 Å². The maximum Gasteiger partial charge on any atom is 0.0387 e. The first-order chi connectivity index (χ1) is 14.0. The van der Waals surface area contributed by atoms with Crippen molar-refractivity contribution >= 4 is 16.9 Å². The lowest BCUT2D eigenvalue weighted by Gasteiger charge is -2.22. The van der Waals surface area contributed by atoms with Gasteiger partial charge in [-0.25, -0.2) is 0 Å². The summed E-state index contributed by atoms with van der Waals surface area (Å²) in [6.07, 6.45) is 8.00. The van der Waals surface area contributed by atoms with Crippen molar-refractivity contribution in [3.8, 4) is 11.1 Å². The van der Waals surface area contributed by atoms with Crippen molar-refractivity contribution in [3.05, 3.63) is 114 Å². The maximum atomic E-state index is 3.81. The zero-order chi connectivity index (χ0) is 20.4.